The maximum Gasteiger partial charge on any atom is 0.221 e. The third-order valence-electron chi connectivity index (χ3n) is 8.97. The van der Waals surface area contributed by atoms with Gasteiger partial charge < -0.3 is 19.9 Å². The molecule has 8 heteroatoms. The standard InChI is InChI=1S/C30H50N4O3S/c1-23-20-28(37-4)21-24(2)30(23)38(36)32(3)17-14-29(35)31-26-8-10-27(11-9-26)34-18-12-25(13-19-34)22-33-15-6-5-7-16-33/h20-21,25-27H,5-19,22H2,1-4H3,(H,31,35). The number of carbonyl (C=O) groups is 1. The number of amides is 1. The fraction of sp³-hybridized carbons (Fsp3) is 0.767. The summed E-state index contributed by atoms with van der Waals surface area (Å²) in [4.78, 5) is 19.0. The second kappa shape index (κ2) is 14.2. The molecule has 0 spiro atoms. The summed E-state index contributed by atoms with van der Waals surface area (Å²) in [6, 6.07) is 4.78. The molecule has 7 nitrogen and oxygen atoms in total. The third-order valence-corrected chi connectivity index (χ3v) is 10.7. The Kier molecular flexibility index (Phi) is 11.1. The van der Waals surface area contributed by atoms with Crippen LogP contribution < -0.4 is 10.1 Å². The molecular formula is C30H50N4O3S. The van der Waals surface area contributed by atoms with Crippen molar-refractivity contribution in [2.45, 2.75) is 95.0 Å². The fourth-order valence-corrected chi connectivity index (χ4v) is 7.93. The number of carbonyl (C=O) groups excluding carboxylic acids is 1. The Labute approximate surface area is 233 Å². The first-order valence-electron chi connectivity index (χ1n) is 14.9. The van der Waals surface area contributed by atoms with E-state index in [9.17, 15) is 9.00 Å². The summed E-state index contributed by atoms with van der Waals surface area (Å²) in [5, 5.41) is 3.26. The van der Waals surface area contributed by atoms with Crippen LogP contribution in [-0.2, 0) is 15.8 Å². The zero-order valence-electron chi connectivity index (χ0n) is 24.2. The summed E-state index contributed by atoms with van der Waals surface area (Å²) in [6.07, 6.45) is 11.7. The van der Waals surface area contributed by atoms with Crippen molar-refractivity contribution in [3.8, 4) is 5.75 Å². The topological polar surface area (TPSA) is 65.1 Å². The zero-order valence-corrected chi connectivity index (χ0v) is 25.0. The molecule has 1 atom stereocenters. The van der Waals surface area contributed by atoms with Gasteiger partial charge in [0, 0.05) is 38.6 Å². The van der Waals surface area contributed by atoms with Crippen molar-refractivity contribution in [3.63, 3.8) is 0 Å². The minimum Gasteiger partial charge on any atom is -0.497 e. The van der Waals surface area contributed by atoms with E-state index in [-0.39, 0.29) is 11.9 Å². The normalized spacial score (nSPS) is 24.9. The summed E-state index contributed by atoms with van der Waals surface area (Å²) >= 11 is 0. The smallest absolute Gasteiger partial charge is 0.221 e. The lowest BCUT2D eigenvalue weighted by Gasteiger charge is -2.42. The minimum atomic E-state index is -1.31. The first-order chi connectivity index (χ1) is 18.3. The molecule has 1 saturated carbocycles. The molecular weight excluding hydrogens is 496 g/mol. The van der Waals surface area contributed by atoms with Crippen LogP contribution in [0.4, 0.5) is 0 Å². The summed E-state index contributed by atoms with van der Waals surface area (Å²) in [5.74, 6) is 1.72. The Hall–Kier alpha value is -1.48. The van der Waals surface area contributed by atoms with Crippen LogP contribution in [0.3, 0.4) is 0 Å². The molecule has 214 valence electrons. The van der Waals surface area contributed by atoms with Gasteiger partial charge in [-0.15, -0.1) is 0 Å². The molecule has 2 heterocycles. The molecule has 2 saturated heterocycles. The summed E-state index contributed by atoms with van der Waals surface area (Å²) in [5.41, 5.74) is 1.89. The summed E-state index contributed by atoms with van der Waals surface area (Å²) in [6.45, 7) is 10.8. The van der Waals surface area contributed by atoms with Crippen molar-refractivity contribution in [2.24, 2.45) is 5.92 Å². The molecule has 1 aromatic carbocycles. The molecule has 0 radical (unpaired) electrons. The van der Waals surface area contributed by atoms with E-state index in [0.717, 1.165) is 40.5 Å². The number of methoxy groups -OCH3 is 1. The average molecular weight is 547 g/mol. The number of aryl methyl sites for hydroxylation is 2. The summed E-state index contributed by atoms with van der Waals surface area (Å²) in [7, 11) is 2.16. The Bertz CT molecular complexity index is 912. The van der Waals surface area contributed by atoms with Gasteiger partial charge in [-0.05, 0) is 121 Å². The average Bonchev–Trinajstić information content (AvgIpc) is 2.92. The summed E-state index contributed by atoms with van der Waals surface area (Å²) < 4.78 is 20.2. The largest absolute Gasteiger partial charge is 0.497 e. The van der Waals surface area contributed by atoms with E-state index in [4.69, 9.17) is 4.74 Å². The SMILES string of the molecule is COc1cc(C)c(S(=O)N(C)CCC(=O)NC2CCC(N3CCC(CN4CCCCC4)CC3)CC2)c(C)c1. The zero-order chi connectivity index (χ0) is 27.1. The molecule has 1 aromatic rings. The molecule has 0 bridgehead atoms. The molecule has 38 heavy (non-hydrogen) atoms. The number of benzene rings is 1. The number of hydrogen-bond acceptors (Lipinski definition) is 5. The monoisotopic (exact) mass is 546 g/mol. The van der Waals surface area contributed by atoms with Crippen molar-refractivity contribution in [3.05, 3.63) is 23.3 Å². The number of nitrogens with one attached hydrogen (secondary N) is 1. The molecule has 3 aliphatic rings. The van der Waals surface area contributed by atoms with Gasteiger partial charge in [0.15, 0.2) is 0 Å². The number of nitrogens with zero attached hydrogens (tertiary/aromatic N) is 3. The number of piperidine rings is 2. The molecule has 1 N–H and O–H groups in total. The van der Waals surface area contributed by atoms with Gasteiger partial charge >= 0.3 is 0 Å². The minimum absolute atomic E-state index is 0.0685. The highest BCUT2D eigenvalue weighted by molar-refractivity contribution is 7.82. The molecule has 1 unspecified atom stereocenters. The highest BCUT2D eigenvalue weighted by Gasteiger charge is 2.30. The van der Waals surface area contributed by atoms with Crippen LogP contribution in [0.25, 0.3) is 0 Å². The number of hydrogen-bond donors (Lipinski definition) is 1. The van der Waals surface area contributed by atoms with Crippen LogP contribution in [-0.4, -0.2) is 89.7 Å². The molecule has 0 aromatic heterocycles. The predicted molar refractivity (Wildman–Crippen MR) is 155 cm³/mol. The van der Waals surface area contributed by atoms with E-state index < -0.39 is 11.0 Å². The highest BCUT2D eigenvalue weighted by atomic mass is 32.2. The van der Waals surface area contributed by atoms with Gasteiger partial charge in [0.2, 0.25) is 5.91 Å². The first kappa shape index (κ1) is 29.5. The molecule has 1 amide bonds. The Morgan fingerprint density at radius 2 is 1.63 bits per heavy atom. The highest BCUT2D eigenvalue weighted by Crippen LogP contribution is 2.29. The number of likely N-dealkylation sites (tertiary alicyclic amines) is 2. The van der Waals surface area contributed by atoms with Crippen molar-refractivity contribution >= 4 is 16.9 Å². The maximum atomic E-state index is 13.2. The van der Waals surface area contributed by atoms with E-state index in [2.05, 4.69) is 15.1 Å². The lowest BCUT2D eigenvalue weighted by Crippen LogP contribution is -2.48. The van der Waals surface area contributed by atoms with Gasteiger partial charge in [-0.25, -0.2) is 8.51 Å². The quantitative estimate of drug-likeness (QED) is 0.475. The van der Waals surface area contributed by atoms with Crippen molar-refractivity contribution in [2.75, 3.05) is 53.4 Å². The fourth-order valence-electron chi connectivity index (χ4n) is 6.69. The van der Waals surface area contributed by atoms with Crippen molar-refractivity contribution in [1.82, 2.24) is 19.4 Å². The third kappa shape index (κ3) is 8.03. The molecule has 1 aliphatic carbocycles. The van der Waals surface area contributed by atoms with E-state index in [1.807, 2.05) is 33.0 Å². The van der Waals surface area contributed by atoms with E-state index in [0.29, 0.717) is 19.0 Å². The van der Waals surface area contributed by atoms with Crippen LogP contribution in [0.5, 0.6) is 5.75 Å². The number of rotatable bonds is 10. The second-order valence-corrected chi connectivity index (χ2v) is 13.4. The van der Waals surface area contributed by atoms with Crippen LogP contribution in [0.1, 0.15) is 75.3 Å². The van der Waals surface area contributed by atoms with Crippen LogP contribution in [0.2, 0.25) is 0 Å². The molecule has 2 aliphatic heterocycles. The van der Waals surface area contributed by atoms with Gasteiger partial charge in [0.05, 0.1) is 12.0 Å². The Morgan fingerprint density at radius 1 is 1.00 bits per heavy atom. The molecule has 4 rings (SSSR count). The second-order valence-electron chi connectivity index (χ2n) is 11.9. The lowest BCUT2D eigenvalue weighted by molar-refractivity contribution is -0.122. The van der Waals surface area contributed by atoms with Gasteiger partial charge in [-0.3, -0.25) is 4.79 Å². The predicted octanol–water partition coefficient (Wildman–Crippen LogP) is 4.28. The van der Waals surface area contributed by atoms with Crippen molar-refractivity contribution in [1.29, 1.82) is 0 Å². The van der Waals surface area contributed by atoms with Gasteiger partial charge in [0.25, 0.3) is 0 Å². The van der Waals surface area contributed by atoms with Gasteiger partial charge in [0.1, 0.15) is 16.7 Å². The maximum absolute atomic E-state index is 13.2. The van der Waals surface area contributed by atoms with Crippen LogP contribution in [0.15, 0.2) is 17.0 Å². The van der Waals surface area contributed by atoms with Gasteiger partial charge in [-0.1, -0.05) is 6.42 Å². The van der Waals surface area contributed by atoms with Crippen LogP contribution in [0, 0.1) is 19.8 Å². The first-order valence-corrected chi connectivity index (χ1v) is 16.0. The van der Waals surface area contributed by atoms with E-state index in [1.165, 1.54) is 77.7 Å². The lowest BCUT2D eigenvalue weighted by atomic mass is 9.87. The van der Waals surface area contributed by atoms with Crippen molar-refractivity contribution < 1.29 is 13.7 Å². The van der Waals surface area contributed by atoms with Crippen LogP contribution >= 0.6 is 0 Å². The molecule has 3 fully saturated rings. The van der Waals surface area contributed by atoms with E-state index >= 15 is 0 Å². The Morgan fingerprint density at radius 3 is 2.24 bits per heavy atom. The Balaban J connectivity index is 1.14. The number of ether oxygens (including phenoxy) is 1. The van der Waals surface area contributed by atoms with E-state index in [1.54, 1.807) is 11.4 Å². The van der Waals surface area contributed by atoms with Gasteiger partial charge in [-0.2, -0.15) is 0 Å².